The quantitative estimate of drug-likeness (QED) is 0.873. The molecule has 1 saturated heterocycles. The third-order valence-electron chi connectivity index (χ3n) is 5.36. The summed E-state index contributed by atoms with van der Waals surface area (Å²) in [6, 6.07) is 0. The molecule has 2 heterocycles. The van der Waals surface area contributed by atoms with E-state index in [4.69, 9.17) is 5.11 Å². The number of carbonyl (C=O) groups excluding carboxylic acids is 1. The lowest BCUT2D eigenvalue weighted by Gasteiger charge is -2.35. The molecule has 1 aliphatic heterocycles. The fourth-order valence-electron chi connectivity index (χ4n) is 3.81. The fourth-order valence-corrected chi connectivity index (χ4v) is 3.81. The van der Waals surface area contributed by atoms with E-state index in [9.17, 15) is 14.7 Å². The summed E-state index contributed by atoms with van der Waals surface area (Å²) < 4.78 is 1.69. The van der Waals surface area contributed by atoms with Crippen molar-refractivity contribution in [2.45, 2.75) is 56.5 Å². The molecule has 0 atom stereocenters. The number of aliphatic hydroxyl groups is 1. The van der Waals surface area contributed by atoms with Crippen LogP contribution in [-0.2, 0) is 11.8 Å². The molecule has 1 amide bonds. The molecule has 7 nitrogen and oxygen atoms in total. The number of nitrogens with zero attached hydrogens (tertiary/aromatic N) is 3. The first-order chi connectivity index (χ1) is 11.4. The number of aliphatic carboxylic acids is 1. The van der Waals surface area contributed by atoms with Crippen molar-refractivity contribution in [2.24, 2.45) is 7.05 Å². The Morgan fingerprint density at radius 1 is 1.21 bits per heavy atom. The van der Waals surface area contributed by atoms with Crippen LogP contribution < -0.4 is 0 Å². The molecule has 132 valence electrons. The number of likely N-dealkylation sites (tertiary alicyclic amines) is 1. The normalized spacial score (nSPS) is 21.7. The number of rotatable bonds is 3. The van der Waals surface area contributed by atoms with Gasteiger partial charge in [-0.05, 0) is 12.8 Å². The minimum atomic E-state index is -1.71. The van der Waals surface area contributed by atoms with Gasteiger partial charge in [0.1, 0.15) is 0 Å². The van der Waals surface area contributed by atoms with Crippen molar-refractivity contribution in [3.8, 4) is 0 Å². The van der Waals surface area contributed by atoms with Gasteiger partial charge in [-0.1, -0.05) is 19.3 Å². The first-order valence-electron chi connectivity index (χ1n) is 8.69. The molecule has 1 aliphatic carbocycles. The third-order valence-corrected chi connectivity index (χ3v) is 5.36. The monoisotopic (exact) mass is 335 g/mol. The molecule has 0 aromatic carbocycles. The maximum absolute atomic E-state index is 12.9. The van der Waals surface area contributed by atoms with E-state index in [1.165, 1.54) is 19.3 Å². The zero-order valence-electron chi connectivity index (χ0n) is 14.1. The first kappa shape index (κ1) is 17.0. The third kappa shape index (κ3) is 3.17. The van der Waals surface area contributed by atoms with Crippen LogP contribution >= 0.6 is 0 Å². The molecule has 2 aliphatic rings. The van der Waals surface area contributed by atoms with Gasteiger partial charge in [0, 0.05) is 45.1 Å². The number of aromatic nitrogens is 2. The fraction of sp³-hybridized carbons (Fsp3) is 0.706. The largest absolute Gasteiger partial charge is 0.479 e. The number of aryl methyl sites for hydroxylation is 1. The van der Waals surface area contributed by atoms with Gasteiger partial charge in [-0.2, -0.15) is 5.10 Å². The summed E-state index contributed by atoms with van der Waals surface area (Å²) in [5, 5.41) is 23.7. The average molecular weight is 335 g/mol. The predicted molar refractivity (Wildman–Crippen MR) is 86.8 cm³/mol. The van der Waals surface area contributed by atoms with Crippen LogP contribution in [0.15, 0.2) is 6.20 Å². The van der Waals surface area contributed by atoms with E-state index in [0.29, 0.717) is 11.5 Å². The van der Waals surface area contributed by atoms with E-state index >= 15 is 0 Å². The van der Waals surface area contributed by atoms with Crippen LogP contribution in [0.25, 0.3) is 0 Å². The predicted octanol–water partition coefficient (Wildman–Crippen LogP) is 1.52. The molecule has 1 saturated carbocycles. The van der Waals surface area contributed by atoms with Crippen molar-refractivity contribution >= 4 is 11.9 Å². The van der Waals surface area contributed by atoms with Crippen molar-refractivity contribution in [1.82, 2.24) is 14.7 Å². The second-order valence-electron chi connectivity index (χ2n) is 7.07. The number of carboxylic acids is 1. The number of amides is 1. The summed E-state index contributed by atoms with van der Waals surface area (Å²) in [4.78, 5) is 25.7. The van der Waals surface area contributed by atoms with Crippen LogP contribution in [0.2, 0.25) is 0 Å². The molecule has 2 fully saturated rings. The Hall–Kier alpha value is -1.89. The zero-order chi connectivity index (χ0) is 17.3. The molecule has 0 spiro atoms. The zero-order valence-corrected chi connectivity index (χ0v) is 14.1. The number of hydrogen-bond acceptors (Lipinski definition) is 4. The van der Waals surface area contributed by atoms with Gasteiger partial charge in [-0.15, -0.1) is 0 Å². The molecule has 0 radical (unpaired) electrons. The number of hydrogen-bond donors (Lipinski definition) is 2. The van der Waals surface area contributed by atoms with Gasteiger partial charge in [0.2, 0.25) is 0 Å². The molecule has 2 N–H and O–H groups in total. The van der Waals surface area contributed by atoms with Crippen molar-refractivity contribution in [1.29, 1.82) is 0 Å². The lowest BCUT2D eigenvalue weighted by Crippen LogP contribution is -2.50. The van der Waals surface area contributed by atoms with E-state index in [-0.39, 0.29) is 31.8 Å². The Labute approximate surface area is 141 Å². The van der Waals surface area contributed by atoms with Crippen LogP contribution in [0.4, 0.5) is 0 Å². The lowest BCUT2D eigenvalue weighted by atomic mass is 9.85. The maximum Gasteiger partial charge on any atom is 0.335 e. The Balaban J connectivity index is 1.75. The minimum Gasteiger partial charge on any atom is -0.479 e. The van der Waals surface area contributed by atoms with E-state index in [1.807, 2.05) is 7.05 Å². The van der Waals surface area contributed by atoms with Gasteiger partial charge in [-0.25, -0.2) is 4.79 Å². The van der Waals surface area contributed by atoms with Crippen molar-refractivity contribution in [3.63, 3.8) is 0 Å². The average Bonchev–Trinajstić information content (AvgIpc) is 2.97. The molecular formula is C17H25N3O4. The minimum absolute atomic E-state index is 0.0626. The SMILES string of the molecule is Cn1cc(C(=O)N2CCC(O)(C(=O)O)CC2)c(C2CCCCC2)n1. The smallest absolute Gasteiger partial charge is 0.335 e. The van der Waals surface area contributed by atoms with E-state index in [2.05, 4.69) is 5.10 Å². The van der Waals surface area contributed by atoms with Gasteiger partial charge in [0.05, 0.1) is 11.3 Å². The standard InChI is InChI=1S/C17H25N3O4/c1-19-11-13(14(18-19)12-5-3-2-4-6-12)15(21)20-9-7-17(24,8-10-20)16(22)23/h11-12,24H,2-10H2,1H3,(H,22,23). The number of carbonyl (C=O) groups is 2. The second kappa shape index (κ2) is 6.55. The summed E-state index contributed by atoms with van der Waals surface area (Å²) >= 11 is 0. The summed E-state index contributed by atoms with van der Waals surface area (Å²) in [7, 11) is 1.82. The Kier molecular flexibility index (Phi) is 4.62. The van der Waals surface area contributed by atoms with Gasteiger partial charge in [-0.3, -0.25) is 9.48 Å². The van der Waals surface area contributed by atoms with Crippen LogP contribution in [0, 0.1) is 0 Å². The highest BCUT2D eigenvalue weighted by Gasteiger charge is 2.41. The van der Waals surface area contributed by atoms with Gasteiger partial charge < -0.3 is 15.1 Å². The molecule has 1 aromatic heterocycles. The topological polar surface area (TPSA) is 95.7 Å². The van der Waals surface area contributed by atoms with Gasteiger partial charge in [0.15, 0.2) is 5.60 Å². The van der Waals surface area contributed by atoms with Crippen molar-refractivity contribution in [2.75, 3.05) is 13.1 Å². The van der Waals surface area contributed by atoms with Crippen LogP contribution in [0.5, 0.6) is 0 Å². The van der Waals surface area contributed by atoms with Crippen LogP contribution in [-0.4, -0.2) is 55.5 Å². The summed E-state index contributed by atoms with van der Waals surface area (Å²) in [6.07, 6.45) is 7.61. The Morgan fingerprint density at radius 3 is 2.42 bits per heavy atom. The molecule has 7 heteroatoms. The molecule has 24 heavy (non-hydrogen) atoms. The highest BCUT2D eigenvalue weighted by atomic mass is 16.4. The van der Waals surface area contributed by atoms with E-state index < -0.39 is 11.6 Å². The number of carboxylic acid groups (broad SMARTS) is 1. The highest BCUT2D eigenvalue weighted by molar-refractivity contribution is 5.95. The second-order valence-corrected chi connectivity index (χ2v) is 7.07. The van der Waals surface area contributed by atoms with Crippen LogP contribution in [0.1, 0.15) is 66.9 Å². The molecule has 0 unspecified atom stereocenters. The number of piperidine rings is 1. The Bertz CT molecular complexity index is 626. The first-order valence-corrected chi connectivity index (χ1v) is 8.69. The maximum atomic E-state index is 12.9. The van der Waals surface area contributed by atoms with Crippen molar-refractivity contribution in [3.05, 3.63) is 17.5 Å². The lowest BCUT2D eigenvalue weighted by molar-refractivity contribution is -0.162. The van der Waals surface area contributed by atoms with Gasteiger partial charge >= 0.3 is 5.97 Å². The molecule has 0 bridgehead atoms. The molecular weight excluding hydrogens is 310 g/mol. The summed E-state index contributed by atoms with van der Waals surface area (Å²) in [6.45, 7) is 0.501. The highest BCUT2D eigenvalue weighted by Crippen LogP contribution is 2.34. The summed E-state index contributed by atoms with van der Waals surface area (Å²) in [5.41, 5.74) is -0.204. The molecule has 3 rings (SSSR count). The van der Waals surface area contributed by atoms with Crippen molar-refractivity contribution < 1.29 is 19.8 Å². The molecule has 1 aromatic rings. The van der Waals surface area contributed by atoms with E-state index in [1.54, 1.807) is 15.8 Å². The van der Waals surface area contributed by atoms with E-state index in [0.717, 1.165) is 18.5 Å². The summed E-state index contributed by atoms with van der Waals surface area (Å²) in [5.74, 6) is -0.977. The van der Waals surface area contributed by atoms with Crippen LogP contribution in [0.3, 0.4) is 0 Å². The van der Waals surface area contributed by atoms with Gasteiger partial charge in [0.25, 0.3) is 5.91 Å². The Morgan fingerprint density at radius 2 is 1.83 bits per heavy atom.